The van der Waals surface area contributed by atoms with Crippen molar-refractivity contribution in [2.24, 2.45) is 0 Å². The molecule has 0 aliphatic carbocycles. The van der Waals surface area contributed by atoms with Gasteiger partial charge in [-0.3, -0.25) is 9.59 Å². The smallest absolute Gasteiger partial charge is 0.283 e. The number of hydrogen-bond acceptors (Lipinski definition) is 6. The molecule has 1 aliphatic heterocycles. The number of ether oxygens (including phenoxy) is 2. The van der Waals surface area contributed by atoms with Crippen molar-refractivity contribution in [3.8, 4) is 11.5 Å². The molecule has 34 heavy (non-hydrogen) atoms. The van der Waals surface area contributed by atoms with Gasteiger partial charge in [0, 0.05) is 11.0 Å². The van der Waals surface area contributed by atoms with Gasteiger partial charge in [0.2, 0.25) is 0 Å². The van der Waals surface area contributed by atoms with Gasteiger partial charge in [-0.15, -0.1) is 0 Å². The SMILES string of the molecule is COc1ccc(NC2=C(Sc3ccc(C)cc3)C(=O)N(c3ccc(Cl)c(Cl)c3)C2=O)c(OC)c1. The Hall–Kier alpha value is -3.13. The molecule has 1 aliphatic rings. The number of thioether (sulfide) groups is 1. The zero-order chi connectivity index (χ0) is 24.4. The number of benzene rings is 3. The van der Waals surface area contributed by atoms with Crippen LogP contribution in [0.2, 0.25) is 10.0 Å². The molecular weight excluding hydrogens is 495 g/mol. The predicted molar refractivity (Wildman–Crippen MR) is 136 cm³/mol. The number of methoxy groups -OCH3 is 2. The molecule has 0 spiro atoms. The molecule has 3 aromatic rings. The predicted octanol–water partition coefficient (Wildman–Crippen LogP) is 6.31. The number of halogens is 2. The first kappa shape index (κ1) is 24.0. The van der Waals surface area contributed by atoms with Gasteiger partial charge >= 0.3 is 0 Å². The highest BCUT2D eigenvalue weighted by Crippen LogP contribution is 2.40. The number of amides is 2. The molecule has 0 radical (unpaired) electrons. The van der Waals surface area contributed by atoms with E-state index >= 15 is 0 Å². The van der Waals surface area contributed by atoms with Gasteiger partial charge in [-0.2, -0.15) is 0 Å². The highest BCUT2D eigenvalue weighted by molar-refractivity contribution is 8.04. The molecule has 3 aromatic carbocycles. The molecule has 0 aromatic heterocycles. The maximum absolute atomic E-state index is 13.5. The Labute approximate surface area is 211 Å². The van der Waals surface area contributed by atoms with Gasteiger partial charge in [0.25, 0.3) is 11.8 Å². The van der Waals surface area contributed by atoms with Crippen LogP contribution in [0.25, 0.3) is 0 Å². The molecule has 1 heterocycles. The van der Waals surface area contributed by atoms with Crippen molar-refractivity contribution in [1.82, 2.24) is 0 Å². The molecule has 4 rings (SSSR count). The summed E-state index contributed by atoms with van der Waals surface area (Å²) in [5, 5.41) is 3.67. The number of rotatable bonds is 7. The molecule has 6 nitrogen and oxygen atoms in total. The summed E-state index contributed by atoms with van der Waals surface area (Å²) in [4.78, 5) is 29.2. The van der Waals surface area contributed by atoms with Gasteiger partial charge in [0.1, 0.15) is 22.1 Å². The van der Waals surface area contributed by atoms with Crippen molar-refractivity contribution in [3.05, 3.63) is 86.9 Å². The molecule has 1 N–H and O–H groups in total. The van der Waals surface area contributed by atoms with Gasteiger partial charge in [0.05, 0.1) is 35.6 Å². The Morgan fingerprint density at radius 2 is 1.59 bits per heavy atom. The summed E-state index contributed by atoms with van der Waals surface area (Å²) in [6.45, 7) is 1.98. The topological polar surface area (TPSA) is 67.9 Å². The maximum atomic E-state index is 13.5. The molecule has 0 saturated heterocycles. The fraction of sp³-hybridized carbons (Fsp3) is 0.120. The zero-order valence-electron chi connectivity index (χ0n) is 18.5. The molecule has 0 bridgehead atoms. The monoisotopic (exact) mass is 514 g/mol. The minimum atomic E-state index is -0.518. The van der Waals surface area contributed by atoms with Crippen LogP contribution in [0.3, 0.4) is 0 Å². The summed E-state index contributed by atoms with van der Waals surface area (Å²) in [6, 6.07) is 17.4. The lowest BCUT2D eigenvalue weighted by atomic mass is 10.2. The van der Waals surface area contributed by atoms with E-state index in [0.29, 0.717) is 27.9 Å². The molecular formula is C25H20Cl2N2O4S. The van der Waals surface area contributed by atoms with Crippen molar-refractivity contribution >= 4 is 58.2 Å². The Kier molecular flexibility index (Phi) is 7.07. The fourth-order valence-corrected chi connectivity index (χ4v) is 4.55. The molecule has 174 valence electrons. The second-order valence-electron chi connectivity index (χ2n) is 7.35. The van der Waals surface area contributed by atoms with E-state index in [9.17, 15) is 9.59 Å². The summed E-state index contributed by atoms with van der Waals surface area (Å²) in [7, 11) is 3.06. The molecule has 2 amide bonds. The van der Waals surface area contributed by atoms with Crippen LogP contribution in [-0.2, 0) is 9.59 Å². The van der Waals surface area contributed by atoms with E-state index in [4.69, 9.17) is 32.7 Å². The van der Waals surface area contributed by atoms with Crippen LogP contribution in [0.1, 0.15) is 5.56 Å². The van der Waals surface area contributed by atoms with Gasteiger partial charge < -0.3 is 14.8 Å². The summed E-state index contributed by atoms with van der Waals surface area (Å²) in [5.74, 6) is 0.0662. The Morgan fingerprint density at radius 1 is 0.853 bits per heavy atom. The van der Waals surface area contributed by atoms with E-state index in [2.05, 4.69) is 5.32 Å². The average Bonchev–Trinajstić information content (AvgIpc) is 3.06. The second kappa shape index (κ2) is 10.0. The van der Waals surface area contributed by atoms with E-state index in [1.54, 1.807) is 37.4 Å². The first-order chi connectivity index (χ1) is 16.3. The largest absolute Gasteiger partial charge is 0.497 e. The molecule has 0 atom stereocenters. The number of carbonyl (C=O) groups is 2. The molecule has 9 heteroatoms. The van der Waals surface area contributed by atoms with E-state index in [1.165, 1.54) is 24.9 Å². The van der Waals surface area contributed by atoms with E-state index in [0.717, 1.165) is 15.4 Å². The third-order valence-electron chi connectivity index (χ3n) is 5.11. The minimum Gasteiger partial charge on any atom is -0.497 e. The van der Waals surface area contributed by atoms with E-state index in [-0.39, 0.29) is 15.6 Å². The number of nitrogens with one attached hydrogen (secondary N) is 1. The summed E-state index contributed by atoms with van der Waals surface area (Å²) in [6.07, 6.45) is 0. The third kappa shape index (κ3) is 4.73. The Morgan fingerprint density at radius 3 is 2.24 bits per heavy atom. The van der Waals surface area contributed by atoms with E-state index < -0.39 is 11.8 Å². The Balaban J connectivity index is 1.77. The quantitative estimate of drug-likeness (QED) is 0.372. The first-order valence-electron chi connectivity index (χ1n) is 10.1. The number of aryl methyl sites for hydroxylation is 1. The number of hydrogen-bond donors (Lipinski definition) is 1. The summed E-state index contributed by atoms with van der Waals surface area (Å²) in [5.41, 5.74) is 2.05. The minimum absolute atomic E-state index is 0.130. The number of carbonyl (C=O) groups excluding carboxylic acids is 2. The molecule has 0 fully saturated rings. The van der Waals surface area contributed by atoms with Crippen LogP contribution in [0.4, 0.5) is 11.4 Å². The van der Waals surface area contributed by atoms with Gasteiger partial charge in [-0.1, -0.05) is 52.7 Å². The van der Waals surface area contributed by atoms with Crippen LogP contribution >= 0.6 is 35.0 Å². The van der Waals surface area contributed by atoms with Crippen molar-refractivity contribution in [2.75, 3.05) is 24.4 Å². The summed E-state index contributed by atoms with van der Waals surface area (Å²) < 4.78 is 10.7. The highest BCUT2D eigenvalue weighted by Gasteiger charge is 2.40. The van der Waals surface area contributed by atoms with Gasteiger partial charge in [-0.05, 0) is 49.4 Å². The van der Waals surface area contributed by atoms with Crippen molar-refractivity contribution in [2.45, 2.75) is 11.8 Å². The van der Waals surface area contributed by atoms with Crippen molar-refractivity contribution < 1.29 is 19.1 Å². The molecule has 0 saturated carbocycles. The van der Waals surface area contributed by atoms with Crippen molar-refractivity contribution in [3.63, 3.8) is 0 Å². The summed E-state index contributed by atoms with van der Waals surface area (Å²) >= 11 is 13.4. The lowest BCUT2D eigenvalue weighted by Crippen LogP contribution is -2.32. The fourth-order valence-electron chi connectivity index (χ4n) is 3.33. The van der Waals surface area contributed by atoms with Crippen LogP contribution < -0.4 is 19.7 Å². The van der Waals surface area contributed by atoms with Crippen LogP contribution in [-0.4, -0.2) is 26.0 Å². The van der Waals surface area contributed by atoms with Crippen LogP contribution in [0, 0.1) is 6.92 Å². The van der Waals surface area contributed by atoms with Crippen LogP contribution in [0.5, 0.6) is 11.5 Å². The number of anilines is 2. The second-order valence-corrected chi connectivity index (χ2v) is 9.25. The van der Waals surface area contributed by atoms with Gasteiger partial charge in [-0.25, -0.2) is 4.90 Å². The average molecular weight is 515 g/mol. The van der Waals surface area contributed by atoms with Gasteiger partial charge in [0.15, 0.2) is 0 Å². The number of imide groups is 1. The maximum Gasteiger partial charge on any atom is 0.283 e. The molecule has 0 unspecified atom stereocenters. The highest BCUT2D eigenvalue weighted by atomic mass is 35.5. The van der Waals surface area contributed by atoms with E-state index in [1.807, 2.05) is 31.2 Å². The lowest BCUT2D eigenvalue weighted by molar-refractivity contribution is -0.120. The van der Waals surface area contributed by atoms with Crippen molar-refractivity contribution in [1.29, 1.82) is 0 Å². The standard InChI is InChI=1S/C25H20Cl2N2O4S/c1-14-4-8-17(9-5-14)34-23-22(28-20-11-7-16(32-2)13-21(20)33-3)24(30)29(25(23)31)15-6-10-18(26)19(27)12-15/h4-13,28H,1-3H3. The van der Waals surface area contributed by atoms with Crippen LogP contribution in [0.15, 0.2) is 76.2 Å². The first-order valence-corrected chi connectivity index (χ1v) is 11.7. The normalized spacial score (nSPS) is 13.5. The lowest BCUT2D eigenvalue weighted by Gasteiger charge is -2.16. The zero-order valence-corrected chi connectivity index (χ0v) is 20.8. The Bertz CT molecular complexity index is 1310. The number of nitrogens with zero attached hydrogens (tertiary/aromatic N) is 1. The third-order valence-corrected chi connectivity index (χ3v) is 6.94.